The highest BCUT2D eigenvalue weighted by Gasteiger charge is 2.36. The van der Waals surface area contributed by atoms with Gasteiger partial charge in [0.2, 0.25) is 0 Å². The molecule has 0 aromatic carbocycles. The monoisotopic (exact) mass is 207 g/mol. The number of carboxylic acid groups (broad SMARTS) is 1. The molecule has 1 atom stereocenters. The zero-order valence-electron chi connectivity index (χ0n) is 7.65. The predicted molar refractivity (Wildman–Crippen MR) is 46.9 cm³/mol. The molecule has 0 spiro atoms. The van der Waals surface area contributed by atoms with Crippen LogP contribution in [-0.4, -0.2) is 25.0 Å². The van der Waals surface area contributed by atoms with Crippen molar-refractivity contribution in [2.45, 2.75) is 38.6 Å². The van der Waals surface area contributed by atoms with Gasteiger partial charge in [0.15, 0.2) is 5.54 Å². The average molecular weight is 207 g/mol. The Bertz CT molecular complexity index is 300. The van der Waals surface area contributed by atoms with E-state index in [0.29, 0.717) is 6.42 Å². The molecule has 0 aliphatic carbocycles. The van der Waals surface area contributed by atoms with Crippen molar-refractivity contribution in [1.82, 2.24) is 0 Å². The molecule has 0 aromatic rings. The molecule has 0 aliphatic rings. The van der Waals surface area contributed by atoms with Gasteiger partial charge in [-0.15, -0.1) is 0 Å². The number of hydrogen-bond acceptors (Lipinski definition) is 4. The van der Waals surface area contributed by atoms with Gasteiger partial charge in [0.25, 0.3) is 0 Å². The van der Waals surface area contributed by atoms with Crippen molar-refractivity contribution in [2.24, 2.45) is 4.36 Å². The molecule has 0 bridgehead atoms. The summed E-state index contributed by atoms with van der Waals surface area (Å²) >= 11 is 0. The second-order valence-corrected chi connectivity index (χ2v) is 3.37. The summed E-state index contributed by atoms with van der Waals surface area (Å²) in [6.45, 7) is 3.40. The minimum Gasteiger partial charge on any atom is -0.479 e. The lowest BCUT2D eigenvalue weighted by Gasteiger charge is -2.19. The summed E-state index contributed by atoms with van der Waals surface area (Å²) in [7, 11) is -2.66. The van der Waals surface area contributed by atoms with Crippen LogP contribution in [0.2, 0.25) is 0 Å². The summed E-state index contributed by atoms with van der Waals surface area (Å²) in [5, 5.41) is 8.84. The van der Waals surface area contributed by atoms with Gasteiger partial charge in [-0.3, -0.25) is 0 Å². The van der Waals surface area contributed by atoms with Crippen LogP contribution < -0.4 is 0 Å². The molecule has 76 valence electrons. The Hall–Kier alpha value is -0.910. The summed E-state index contributed by atoms with van der Waals surface area (Å²) in [5.74, 6) is -1.18. The van der Waals surface area contributed by atoms with Crippen molar-refractivity contribution in [2.75, 3.05) is 0 Å². The van der Waals surface area contributed by atoms with Crippen LogP contribution in [0.3, 0.4) is 0 Å². The fraction of sp³-hybridized carbons (Fsp3) is 0.857. The maximum absolute atomic E-state index is 10.8. The lowest BCUT2D eigenvalue weighted by atomic mass is 9.92. The first-order chi connectivity index (χ1) is 5.98. The molecule has 6 heteroatoms. The van der Waals surface area contributed by atoms with Gasteiger partial charge < -0.3 is 5.11 Å². The van der Waals surface area contributed by atoms with E-state index in [1.807, 2.05) is 0 Å². The SMILES string of the molecule is CCCC(CC)(N=S(=O)=O)C(=O)O. The second kappa shape index (κ2) is 4.96. The largest absolute Gasteiger partial charge is 0.479 e. The summed E-state index contributed by atoms with van der Waals surface area (Å²) in [6, 6.07) is 0. The van der Waals surface area contributed by atoms with Crippen LogP contribution >= 0.6 is 0 Å². The molecular weight excluding hydrogens is 194 g/mol. The van der Waals surface area contributed by atoms with Crippen molar-refractivity contribution in [3.05, 3.63) is 0 Å². The van der Waals surface area contributed by atoms with Gasteiger partial charge in [-0.05, 0) is 12.8 Å². The number of nitrogens with zero attached hydrogens (tertiary/aromatic N) is 1. The van der Waals surface area contributed by atoms with Crippen LogP contribution in [0.25, 0.3) is 0 Å². The Morgan fingerprint density at radius 2 is 2.00 bits per heavy atom. The lowest BCUT2D eigenvalue weighted by Crippen LogP contribution is -2.35. The first-order valence-electron chi connectivity index (χ1n) is 4.04. The average Bonchev–Trinajstić information content (AvgIpc) is 2.02. The minimum atomic E-state index is -2.66. The quantitative estimate of drug-likeness (QED) is 0.731. The molecule has 0 heterocycles. The third kappa shape index (κ3) is 3.14. The fourth-order valence-electron chi connectivity index (χ4n) is 1.14. The molecule has 0 radical (unpaired) electrons. The van der Waals surface area contributed by atoms with E-state index in [1.165, 1.54) is 0 Å². The molecule has 0 saturated carbocycles. The van der Waals surface area contributed by atoms with E-state index in [4.69, 9.17) is 5.11 Å². The van der Waals surface area contributed by atoms with Gasteiger partial charge in [-0.1, -0.05) is 20.3 Å². The molecule has 13 heavy (non-hydrogen) atoms. The standard InChI is InChI=1S/C7H13NO4S/c1-3-5-7(4-2,6(9)10)8-13(11)12/h3-5H2,1-2H3,(H,9,10). The van der Waals surface area contributed by atoms with Gasteiger partial charge in [-0.2, -0.15) is 12.8 Å². The van der Waals surface area contributed by atoms with Gasteiger partial charge in [0.05, 0.1) is 0 Å². The van der Waals surface area contributed by atoms with Gasteiger partial charge in [0.1, 0.15) is 0 Å². The first kappa shape index (κ1) is 12.1. The highest BCUT2D eigenvalue weighted by molar-refractivity contribution is 7.61. The third-order valence-corrected chi connectivity index (χ3v) is 2.39. The minimum absolute atomic E-state index is 0.185. The molecule has 0 rings (SSSR count). The molecule has 0 aromatic heterocycles. The molecular formula is C7H13NO4S. The Kier molecular flexibility index (Phi) is 4.61. The maximum Gasteiger partial charge on any atom is 0.332 e. The van der Waals surface area contributed by atoms with Crippen LogP contribution in [0.1, 0.15) is 33.1 Å². The molecule has 0 aliphatic heterocycles. The first-order valence-corrected chi connectivity index (χ1v) is 5.07. The highest BCUT2D eigenvalue weighted by Crippen LogP contribution is 2.22. The summed E-state index contributed by atoms with van der Waals surface area (Å²) in [4.78, 5) is 10.8. The van der Waals surface area contributed by atoms with E-state index in [2.05, 4.69) is 4.36 Å². The molecule has 5 nitrogen and oxygen atoms in total. The Morgan fingerprint density at radius 3 is 2.23 bits per heavy atom. The van der Waals surface area contributed by atoms with E-state index in [0.717, 1.165) is 0 Å². The smallest absolute Gasteiger partial charge is 0.332 e. The van der Waals surface area contributed by atoms with Crippen LogP contribution in [0, 0.1) is 0 Å². The molecule has 1 unspecified atom stereocenters. The van der Waals surface area contributed by atoms with Gasteiger partial charge in [0, 0.05) is 0 Å². The lowest BCUT2D eigenvalue weighted by molar-refractivity contribution is -0.143. The van der Waals surface area contributed by atoms with E-state index >= 15 is 0 Å². The van der Waals surface area contributed by atoms with Crippen LogP contribution in [0.5, 0.6) is 0 Å². The van der Waals surface area contributed by atoms with Gasteiger partial charge in [-0.25, -0.2) is 4.79 Å². The number of carbonyl (C=O) groups is 1. The Balaban J connectivity index is 5.10. The Labute approximate surface area is 78.5 Å². The number of hydrogen-bond donors (Lipinski definition) is 1. The van der Waals surface area contributed by atoms with Crippen LogP contribution in [0.4, 0.5) is 0 Å². The van der Waals surface area contributed by atoms with Crippen molar-refractivity contribution >= 4 is 16.5 Å². The molecule has 0 fully saturated rings. The van der Waals surface area contributed by atoms with Crippen molar-refractivity contribution in [1.29, 1.82) is 0 Å². The van der Waals surface area contributed by atoms with Crippen molar-refractivity contribution in [3.63, 3.8) is 0 Å². The van der Waals surface area contributed by atoms with E-state index < -0.39 is 22.0 Å². The predicted octanol–water partition coefficient (Wildman–Crippen LogP) is 1.08. The summed E-state index contributed by atoms with van der Waals surface area (Å²) in [6.07, 6.45) is 1.01. The summed E-state index contributed by atoms with van der Waals surface area (Å²) < 4.78 is 23.9. The van der Waals surface area contributed by atoms with Crippen molar-refractivity contribution < 1.29 is 18.3 Å². The van der Waals surface area contributed by atoms with Crippen molar-refractivity contribution in [3.8, 4) is 0 Å². The number of carboxylic acids is 1. The normalized spacial score (nSPS) is 14.6. The zero-order chi connectivity index (χ0) is 10.5. The third-order valence-electron chi connectivity index (χ3n) is 1.90. The van der Waals surface area contributed by atoms with E-state index in [9.17, 15) is 13.2 Å². The Morgan fingerprint density at radius 1 is 1.46 bits per heavy atom. The summed E-state index contributed by atoms with van der Waals surface area (Å²) in [5.41, 5.74) is -1.46. The zero-order valence-corrected chi connectivity index (χ0v) is 8.47. The molecule has 1 N–H and O–H groups in total. The van der Waals surface area contributed by atoms with Crippen LogP contribution in [-0.2, 0) is 15.3 Å². The number of rotatable bonds is 5. The maximum atomic E-state index is 10.8. The number of aliphatic carboxylic acids is 1. The molecule has 0 saturated heterocycles. The van der Waals surface area contributed by atoms with E-state index in [1.54, 1.807) is 13.8 Å². The van der Waals surface area contributed by atoms with E-state index in [-0.39, 0.29) is 12.8 Å². The fourth-order valence-corrected chi connectivity index (χ4v) is 1.72. The van der Waals surface area contributed by atoms with Gasteiger partial charge >= 0.3 is 16.5 Å². The molecule has 0 amide bonds. The van der Waals surface area contributed by atoms with Crippen LogP contribution in [0.15, 0.2) is 4.36 Å². The second-order valence-electron chi connectivity index (χ2n) is 2.75. The highest BCUT2D eigenvalue weighted by atomic mass is 32.2. The topological polar surface area (TPSA) is 83.8 Å².